The monoisotopic (exact) mass is 478 g/mol. The van der Waals surface area contributed by atoms with Gasteiger partial charge < -0.3 is 19.6 Å². The topological polar surface area (TPSA) is 70.1 Å². The number of ketones is 1. The van der Waals surface area contributed by atoms with E-state index in [1.54, 1.807) is 23.1 Å². The van der Waals surface area contributed by atoms with E-state index in [1.807, 2.05) is 57.1 Å². The smallest absolute Gasteiger partial charge is 0.295 e. The van der Waals surface area contributed by atoms with Gasteiger partial charge in [-0.15, -0.1) is 0 Å². The maximum Gasteiger partial charge on any atom is 0.295 e. The van der Waals surface area contributed by atoms with Crippen molar-refractivity contribution < 1.29 is 19.4 Å². The molecule has 3 rings (SSSR count). The zero-order valence-corrected chi connectivity index (χ0v) is 21.8. The van der Waals surface area contributed by atoms with Gasteiger partial charge in [0.05, 0.1) is 18.2 Å². The van der Waals surface area contributed by atoms with E-state index < -0.39 is 17.7 Å². The van der Waals surface area contributed by atoms with E-state index >= 15 is 0 Å². The highest BCUT2D eigenvalue weighted by atomic mass is 16.5. The Bertz CT molecular complexity index is 1090. The average Bonchev–Trinajstić information content (AvgIpc) is 3.07. The number of amides is 1. The molecule has 0 saturated carbocycles. The van der Waals surface area contributed by atoms with Crippen LogP contribution in [0.1, 0.15) is 67.8 Å². The Balaban J connectivity index is 2.06. The first-order valence-electron chi connectivity index (χ1n) is 12.4. The first-order valence-corrected chi connectivity index (χ1v) is 12.4. The Labute approximate surface area is 209 Å². The standard InChI is InChI=1S/C29H38N2O4/c1-7-17-35-24-14-13-23(18-20(24)4)27(32)25-26(22-11-9-21(10-12-22)19(2)3)31(29(34)28(25)33)16-8-15-30(5)6/h9-14,18-19,26,32H,7-8,15-17H2,1-6H3/t26-/m1/s1. The van der Waals surface area contributed by atoms with E-state index in [0.29, 0.717) is 24.6 Å². The van der Waals surface area contributed by atoms with E-state index in [9.17, 15) is 14.7 Å². The van der Waals surface area contributed by atoms with Gasteiger partial charge >= 0.3 is 0 Å². The SMILES string of the molecule is CCCOc1ccc(C(O)=C2C(=O)C(=O)N(CCCN(C)C)[C@@H]2c2ccc(C(C)C)cc2)cc1C. The molecule has 1 atom stereocenters. The molecule has 2 aromatic rings. The van der Waals surface area contributed by atoms with Crippen LogP contribution in [0.2, 0.25) is 0 Å². The molecule has 1 aliphatic rings. The van der Waals surface area contributed by atoms with Gasteiger partial charge in [0.25, 0.3) is 11.7 Å². The molecule has 0 radical (unpaired) electrons. The zero-order chi connectivity index (χ0) is 25.7. The molecular weight excluding hydrogens is 440 g/mol. The molecule has 0 unspecified atom stereocenters. The number of benzene rings is 2. The molecule has 2 aromatic carbocycles. The average molecular weight is 479 g/mol. The highest BCUT2D eigenvalue weighted by Gasteiger charge is 2.45. The number of carbonyl (C=O) groups excluding carboxylic acids is 2. The number of hydrogen-bond acceptors (Lipinski definition) is 5. The molecule has 35 heavy (non-hydrogen) atoms. The number of hydrogen-bond donors (Lipinski definition) is 1. The second-order valence-electron chi connectivity index (χ2n) is 9.80. The largest absolute Gasteiger partial charge is 0.507 e. The lowest BCUT2D eigenvalue weighted by Gasteiger charge is -2.26. The lowest BCUT2D eigenvalue weighted by molar-refractivity contribution is -0.139. The van der Waals surface area contributed by atoms with Gasteiger partial charge in [0.2, 0.25) is 0 Å². The molecule has 1 heterocycles. The number of aryl methyl sites for hydroxylation is 1. The second kappa shape index (κ2) is 11.5. The molecule has 0 bridgehead atoms. The van der Waals surface area contributed by atoms with Crippen LogP contribution >= 0.6 is 0 Å². The quantitative estimate of drug-likeness (QED) is 0.286. The van der Waals surface area contributed by atoms with Crippen molar-refractivity contribution in [1.29, 1.82) is 0 Å². The van der Waals surface area contributed by atoms with Crippen molar-refractivity contribution in [3.05, 3.63) is 70.3 Å². The summed E-state index contributed by atoms with van der Waals surface area (Å²) < 4.78 is 5.75. The predicted octanol–water partition coefficient (Wildman–Crippen LogP) is 5.28. The van der Waals surface area contributed by atoms with Crippen molar-refractivity contribution in [2.24, 2.45) is 0 Å². The molecule has 1 N–H and O–H groups in total. The minimum atomic E-state index is -0.644. The molecule has 1 aliphatic heterocycles. The number of rotatable bonds is 10. The molecule has 0 aliphatic carbocycles. The molecule has 1 saturated heterocycles. The van der Waals surface area contributed by atoms with Crippen molar-refractivity contribution in [3.63, 3.8) is 0 Å². The molecule has 188 valence electrons. The van der Waals surface area contributed by atoms with E-state index in [-0.39, 0.29) is 11.3 Å². The fraction of sp³-hybridized carbons (Fsp3) is 0.448. The molecule has 1 fully saturated rings. The molecule has 0 spiro atoms. The van der Waals surface area contributed by atoms with Crippen LogP contribution in [0.3, 0.4) is 0 Å². The maximum absolute atomic E-state index is 13.2. The van der Waals surface area contributed by atoms with Crippen molar-refractivity contribution >= 4 is 17.4 Å². The Morgan fingerprint density at radius 2 is 1.80 bits per heavy atom. The molecule has 6 nitrogen and oxygen atoms in total. The normalized spacial score (nSPS) is 17.6. The van der Waals surface area contributed by atoms with Crippen LogP contribution in [0.4, 0.5) is 0 Å². The molecule has 6 heteroatoms. The van der Waals surface area contributed by atoms with Gasteiger partial charge in [-0.05, 0) is 81.2 Å². The van der Waals surface area contributed by atoms with Crippen LogP contribution in [0, 0.1) is 6.92 Å². The fourth-order valence-corrected chi connectivity index (χ4v) is 4.40. The van der Waals surface area contributed by atoms with E-state index in [0.717, 1.165) is 36.3 Å². The van der Waals surface area contributed by atoms with Crippen LogP contribution in [0.25, 0.3) is 5.76 Å². The summed E-state index contributed by atoms with van der Waals surface area (Å²) in [7, 11) is 3.96. The third kappa shape index (κ3) is 5.93. The summed E-state index contributed by atoms with van der Waals surface area (Å²) in [5.74, 6) is -0.251. The Morgan fingerprint density at radius 1 is 1.11 bits per heavy atom. The number of likely N-dealkylation sites (tertiary alicyclic amines) is 1. The molecule has 0 aromatic heterocycles. The van der Waals surface area contributed by atoms with E-state index in [2.05, 4.69) is 13.8 Å². The van der Waals surface area contributed by atoms with Crippen LogP contribution in [0.15, 0.2) is 48.0 Å². The van der Waals surface area contributed by atoms with Crippen LogP contribution in [-0.4, -0.2) is 60.4 Å². The summed E-state index contributed by atoms with van der Waals surface area (Å²) >= 11 is 0. The van der Waals surface area contributed by atoms with Crippen molar-refractivity contribution in [2.75, 3.05) is 33.8 Å². The second-order valence-corrected chi connectivity index (χ2v) is 9.80. The zero-order valence-electron chi connectivity index (χ0n) is 21.8. The van der Waals surface area contributed by atoms with Gasteiger partial charge in [-0.2, -0.15) is 0 Å². The first-order chi connectivity index (χ1) is 16.6. The highest BCUT2D eigenvalue weighted by molar-refractivity contribution is 6.46. The van der Waals surface area contributed by atoms with Crippen LogP contribution in [-0.2, 0) is 9.59 Å². The van der Waals surface area contributed by atoms with Crippen molar-refractivity contribution in [2.45, 2.75) is 52.5 Å². The highest BCUT2D eigenvalue weighted by Crippen LogP contribution is 2.40. The lowest BCUT2D eigenvalue weighted by Crippen LogP contribution is -2.32. The number of aliphatic hydroxyl groups excluding tert-OH is 1. The predicted molar refractivity (Wildman–Crippen MR) is 140 cm³/mol. The van der Waals surface area contributed by atoms with Crippen molar-refractivity contribution in [1.82, 2.24) is 9.80 Å². The number of ether oxygens (including phenoxy) is 1. The summed E-state index contributed by atoms with van der Waals surface area (Å²) in [5, 5.41) is 11.3. The van der Waals surface area contributed by atoms with Gasteiger partial charge in [0.15, 0.2) is 0 Å². The van der Waals surface area contributed by atoms with Crippen LogP contribution in [0.5, 0.6) is 5.75 Å². The number of Topliss-reactive ketones (excluding diaryl/α,β-unsaturated/α-hetero) is 1. The summed E-state index contributed by atoms with van der Waals surface area (Å²) in [6, 6.07) is 12.7. The van der Waals surface area contributed by atoms with E-state index in [1.165, 1.54) is 5.56 Å². The molecule has 1 amide bonds. The minimum Gasteiger partial charge on any atom is -0.507 e. The molecular formula is C29H38N2O4. The number of nitrogens with zero attached hydrogens (tertiary/aromatic N) is 2. The first kappa shape index (κ1) is 26.5. The third-order valence-corrected chi connectivity index (χ3v) is 6.37. The summed E-state index contributed by atoms with van der Waals surface area (Å²) in [6.45, 7) is 10.0. The van der Waals surface area contributed by atoms with E-state index in [4.69, 9.17) is 4.74 Å². The van der Waals surface area contributed by atoms with Crippen molar-refractivity contribution in [3.8, 4) is 5.75 Å². The minimum absolute atomic E-state index is 0.138. The summed E-state index contributed by atoms with van der Waals surface area (Å²) in [4.78, 5) is 30.0. The summed E-state index contributed by atoms with van der Waals surface area (Å²) in [6.07, 6.45) is 1.62. The van der Waals surface area contributed by atoms with Gasteiger partial charge in [-0.1, -0.05) is 45.0 Å². The fourth-order valence-electron chi connectivity index (χ4n) is 4.40. The van der Waals surface area contributed by atoms with Crippen LogP contribution < -0.4 is 4.74 Å². The Hall–Kier alpha value is -3.12. The maximum atomic E-state index is 13.2. The number of aliphatic hydroxyl groups is 1. The number of carbonyl (C=O) groups is 2. The Kier molecular flexibility index (Phi) is 8.73. The van der Waals surface area contributed by atoms with Gasteiger partial charge in [-0.3, -0.25) is 9.59 Å². The van der Waals surface area contributed by atoms with Gasteiger partial charge in [0, 0.05) is 12.1 Å². The summed E-state index contributed by atoms with van der Waals surface area (Å²) in [5.41, 5.74) is 3.50. The third-order valence-electron chi connectivity index (χ3n) is 6.37. The van der Waals surface area contributed by atoms with Gasteiger partial charge in [-0.25, -0.2) is 0 Å². The lowest BCUT2D eigenvalue weighted by atomic mass is 9.93. The van der Waals surface area contributed by atoms with Gasteiger partial charge in [0.1, 0.15) is 11.5 Å². The Morgan fingerprint density at radius 3 is 2.37 bits per heavy atom.